The number of carboxylic acids is 1. The van der Waals surface area contributed by atoms with Gasteiger partial charge in [-0.3, -0.25) is 9.88 Å². The van der Waals surface area contributed by atoms with Gasteiger partial charge in [0.05, 0.1) is 23.9 Å². The van der Waals surface area contributed by atoms with Crippen molar-refractivity contribution in [3.05, 3.63) is 34.4 Å². The van der Waals surface area contributed by atoms with Gasteiger partial charge in [0.1, 0.15) is 4.88 Å². The van der Waals surface area contributed by atoms with Crippen molar-refractivity contribution in [2.24, 2.45) is 0 Å². The number of aromatic carboxylic acids is 1. The van der Waals surface area contributed by atoms with E-state index in [1.54, 1.807) is 24.5 Å². The monoisotopic (exact) mass is 319 g/mol. The fourth-order valence-corrected chi connectivity index (χ4v) is 3.31. The molecule has 0 atom stereocenters. The highest BCUT2D eigenvalue weighted by Gasteiger charge is 2.19. The van der Waals surface area contributed by atoms with Crippen molar-refractivity contribution in [2.45, 2.75) is 6.42 Å². The molecule has 0 aromatic carbocycles. The molecule has 1 N–H and O–H groups in total. The SMILES string of the molecule is O=C(O)c1sc(CCN2CCOCC2)nc1-c1ccncc1. The second-order valence-corrected chi connectivity index (χ2v) is 6.11. The van der Waals surface area contributed by atoms with Crippen LogP contribution in [0.5, 0.6) is 0 Å². The van der Waals surface area contributed by atoms with Crippen LogP contribution in [-0.4, -0.2) is 58.8 Å². The van der Waals surface area contributed by atoms with Gasteiger partial charge in [-0.25, -0.2) is 9.78 Å². The first-order valence-corrected chi connectivity index (χ1v) is 7.99. The normalized spacial score (nSPS) is 15.8. The zero-order valence-corrected chi connectivity index (χ0v) is 12.9. The van der Waals surface area contributed by atoms with E-state index in [1.165, 1.54) is 11.3 Å². The van der Waals surface area contributed by atoms with Crippen LogP contribution >= 0.6 is 11.3 Å². The van der Waals surface area contributed by atoms with Crippen molar-refractivity contribution < 1.29 is 14.6 Å². The number of hydrogen-bond acceptors (Lipinski definition) is 6. The third-order valence-corrected chi connectivity index (χ3v) is 4.67. The third-order valence-electron chi connectivity index (χ3n) is 3.57. The van der Waals surface area contributed by atoms with Crippen LogP contribution in [0.1, 0.15) is 14.7 Å². The summed E-state index contributed by atoms with van der Waals surface area (Å²) in [5, 5.41) is 10.2. The van der Waals surface area contributed by atoms with Gasteiger partial charge in [-0.2, -0.15) is 0 Å². The first-order valence-electron chi connectivity index (χ1n) is 7.17. The number of aromatic nitrogens is 2. The van der Waals surface area contributed by atoms with Crippen LogP contribution in [0.15, 0.2) is 24.5 Å². The first kappa shape index (κ1) is 15.1. The minimum atomic E-state index is -0.929. The van der Waals surface area contributed by atoms with E-state index in [0.717, 1.165) is 49.8 Å². The zero-order chi connectivity index (χ0) is 15.4. The Bertz CT molecular complexity index is 639. The second kappa shape index (κ2) is 6.95. The molecule has 0 radical (unpaired) electrons. The number of carbonyl (C=O) groups is 1. The average Bonchev–Trinajstić information content (AvgIpc) is 2.99. The predicted octanol–water partition coefficient (Wildman–Crippen LogP) is 1.78. The summed E-state index contributed by atoms with van der Waals surface area (Å²) in [6.45, 7) is 4.26. The average molecular weight is 319 g/mol. The Hall–Kier alpha value is -1.83. The van der Waals surface area contributed by atoms with Gasteiger partial charge in [0.2, 0.25) is 0 Å². The number of nitrogens with zero attached hydrogens (tertiary/aromatic N) is 3. The van der Waals surface area contributed by atoms with Gasteiger partial charge in [-0.05, 0) is 12.1 Å². The maximum absolute atomic E-state index is 11.4. The van der Waals surface area contributed by atoms with Gasteiger partial charge >= 0.3 is 5.97 Å². The Labute approximate surface area is 132 Å². The van der Waals surface area contributed by atoms with E-state index in [2.05, 4.69) is 14.9 Å². The molecule has 3 rings (SSSR count). The van der Waals surface area contributed by atoms with Crippen LogP contribution in [0.3, 0.4) is 0 Å². The second-order valence-electron chi connectivity index (χ2n) is 5.03. The summed E-state index contributed by atoms with van der Waals surface area (Å²) in [6.07, 6.45) is 4.05. The molecule has 1 fully saturated rings. The lowest BCUT2D eigenvalue weighted by atomic mass is 10.2. The van der Waals surface area contributed by atoms with Crippen molar-refractivity contribution in [1.29, 1.82) is 0 Å². The van der Waals surface area contributed by atoms with Crippen LogP contribution in [0.4, 0.5) is 0 Å². The van der Waals surface area contributed by atoms with Gasteiger partial charge in [0.25, 0.3) is 0 Å². The number of thiazole rings is 1. The van der Waals surface area contributed by atoms with Gasteiger partial charge in [0.15, 0.2) is 0 Å². The molecular weight excluding hydrogens is 302 g/mol. The Morgan fingerprint density at radius 3 is 2.73 bits per heavy atom. The highest BCUT2D eigenvalue weighted by molar-refractivity contribution is 7.14. The standard InChI is InChI=1S/C15H17N3O3S/c19-15(20)14-13(11-1-4-16-5-2-11)17-12(22-14)3-6-18-7-9-21-10-8-18/h1-2,4-5H,3,6-10H2,(H,19,20). The van der Waals surface area contributed by atoms with Crippen molar-refractivity contribution in [3.63, 3.8) is 0 Å². The number of rotatable bonds is 5. The lowest BCUT2D eigenvalue weighted by Gasteiger charge is -2.25. The van der Waals surface area contributed by atoms with Crippen LogP contribution < -0.4 is 0 Å². The Morgan fingerprint density at radius 1 is 1.32 bits per heavy atom. The molecule has 3 heterocycles. The quantitative estimate of drug-likeness (QED) is 0.905. The van der Waals surface area contributed by atoms with E-state index in [-0.39, 0.29) is 0 Å². The van der Waals surface area contributed by atoms with Gasteiger partial charge in [0, 0.05) is 44.0 Å². The van der Waals surface area contributed by atoms with E-state index >= 15 is 0 Å². The molecular formula is C15H17N3O3S. The Balaban J connectivity index is 1.76. The summed E-state index contributed by atoms with van der Waals surface area (Å²) < 4.78 is 5.33. The number of ether oxygens (including phenoxy) is 1. The maximum atomic E-state index is 11.4. The predicted molar refractivity (Wildman–Crippen MR) is 83.3 cm³/mol. The molecule has 0 spiro atoms. The minimum Gasteiger partial charge on any atom is -0.477 e. The number of pyridine rings is 1. The summed E-state index contributed by atoms with van der Waals surface area (Å²) >= 11 is 1.26. The minimum absolute atomic E-state index is 0.295. The summed E-state index contributed by atoms with van der Waals surface area (Å²) in [5.41, 5.74) is 1.33. The molecule has 7 heteroatoms. The van der Waals surface area contributed by atoms with Crippen molar-refractivity contribution in [3.8, 4) is 11.3 Å². The molecule has 116 valence electrons. The lowest BCUT2D eigenvalue weighted by Crippen LogP contribution is -2.37. The molecule has 2 aromatic heterocycles. The zero-order valence-electron chi connectivity index (χ0n) is 12.1. The maximum Gasteiger partial charge on any atom is 0.348 e. The van der Waals surface area contributed by atoms with Crippen LogP contribution in [0.2, 0.25) is 0 Å². The van der Waals surface area contributed by atoms with E-state index in [0.29, 0.717) is 10.6 Å². The molecule has 1 aliphatic heterocycles. The van der Waals surface area contributed by atoms with Gasteiger partial charge in [-0.1, -0.05) is 0 Å². The summed E-state index contributed by atoms with van der Waals surface area (Å²) in [6, 6.07) is 3.57. The number of carboxylic acid groups (broad SMARTS) is 1. The highest BCUT2D eigenvalue weighted by atomic mass is 32.1. The molecule has 1 saturated heterocycles. The largest absolute Gasteiger partial charge is 0.477 e. The topological polar surface area (TPSA) is 75.5 Å². The molecule has 0 bridgehead atoms. The Morgan fingerprint density at radius 2 is 2.05 bits per heavy atom. The van der Waals surface area contributed by atoms with Crippen molar-refractivity contribution >= 4 is 17.3 Å². The third kappa shape index (κ3) is 3.49. The van der Waals surface area contributed by atoms with E-state index in [1.807, 2.05) is 0 Å². The van der Waals surface area contributed by atoms with Gasteiger partial charge < -0.3 is 9.84 Å². The summed E-state index contributed by atoms with van der Waals surface area (Å²) in [4.78, 5) is 22.6. The van der Waals surface area contributed by atoms with E-state index < -0.39 is 5.97 Å². The van der Waals surface area contributed by atoms with Crippen LogP contribution in [0.25, 0.3) is 11.3 Å². The number of morpholine rings is 1. The fourth-order valence-electron chi connectivity index (χ4n) is 2.40. The van der Waals surface area contributed by atoms with Crippen molar-refractivity contribution in [2.75, 3.05) is 32.8 Å². The Kier molecular flexibility index (Phi) is 4.77. The first-order chi connectivity index (χ1) is 10.7. The molecule has 0 saturated carbocycles. The van der Waals surface area contributed by atoms with E-state index in [9.17, 15) is 9.90 Å². The highest BCUT2D eigenvalue weighted by Crippen LogP contribution is 2.28. The summed E-state index contributed by atoms with van der Waals surface area (Å²) in [5.74, 6) is -0.929. The fraction of sp³-hybridized carbons (Fsp3) is 0.400. The number of hydrogen-bond donors (Lipinski definition) is 1. The van der Waals surface area contributed by atoms with Gasteiger partial charge in [-0.15, -0.1) is 11.3 Å². The molecule has 6 nitrogen and oxygen atoms in total. The molecule has 2 aromatic rings. The van der Waals surface area contributed by atoms with Crippen LogP contribution in [-0.2, 0) is 11.2 Å². The summed E-state index contributed by atoms with van der Waals surface area (Å²) in [7, 11) is 0. The van der Waals surface area contributed by atoms with Crippen molar-refractivity contribution in [1.82, 2.24) is 14.9 Å². The molecule has 22 heavy (non-hydrogen) atoms. The lowest BCUT2D eigenvalue weighted by molar-refractivity contribution is 0.0384. The van der Waals surface area contributed by atoms with E-state index in [4.69, 9.17) is 4.74 Å². The van der Waals surface area contributed by atoms with Crippen LogP contribution in [0, 0.1) is 0 Å². The molecule has 0 amide bonds. The smallest absolute Gasteiger partial charge is 0.348 e. The molecule has 0 unspecified atom stereocenters. The molecule has 0 aliphatic carbocycles. The molecule has 1 aliphatic rings.